The second-order valence-electron chi connectivity index (χ2n) is 7.55. The molecule has 1 aromatic rings. The standard InChI is InChI=1S/C18H23BrN2O3/c1-18(2)16(13-4-3-12(19)9-14(13)24-18)20-17(22)23-15-10-21-7-5-11(15)6-8-21/h3-4,9,11,15-16H,5-8,10H2,1-2H3,(H,20,22)/t15-,16?/m1/s1. The van der Waals surface area contributed by atoms with E-state index in [-0.39, 0.29) is 18.2 Å². The summed E-state index contributed by atoms with van der Waals surface area (Å²) in [6.07, 6.45) is 1.94. The molecule has 0 spiro atoms. The van der Waals surface area contributed by atoms with Crippen LogP contribution >= 0.6 is 15.9 Å². The Labute approximate surface area is 150 Å². The van der Waals surface area contributed by atoms with Crippen LogP contribution in [0.15, 0.2) is 22.7 Å². The van der Waals surface area contributed by atoms with Crippen molar-refractivity contribution in [1.29, 1.82) is 0 Å². The van der Waals surface area contributed by atoms with Gasteiger partial charge in [-0.2, -0.15) is 0 Å². The third kappa shape index (κ3) is 2.90. The number of ether oxygens (including phenoxy) is 2. The van der Waals surface area contributed by atoms with Crippen LogP contribution in [0.3, 0.4) is 0 Å². The minimum absolute atomic E-state index is 0.0160. The fraction of sp³-hybridized carbons (Fsp3) is 0.611. The Morgan fingerprint density at radius 2 is 2.12 bits per heavy atom. The number of nitrogens with one attached hydrogen (secondary N) is 1. The number of amides is 1. The van der Waals surface area contributed by atoms with Crippen molar-refractivity contribution in [3.63, 3.8) is 0 Å². The molecule has 0 aliphatic carbocycles. The average Bonchev–Trinajstić information content (AvgIpc) is 2.78. The number of halogens is 1. The molecule has 130 valence electrons. The summed E-state index contributed by atoms with van der Waals surface area (Å²) in [5, 5.41) is 3.03. The first-order valence-corrected chi connectivity index (χ1v) is 9.40. The quantitative estimate of drug-likeness (QED) is 0.833. The number of fused-ring (bicyclic) bond motifs is 4. The van der Waals surface area contributed by atoms with E-state index in [0.717, 1.165) is 48.3 Å². The van der Waals surface area contributed by atoms with Crippen molar-refractivity contribution in [2.75, 3.05) is 19.6 Å². The first-order valence-electron chi connectivity index (χ1n) is 8.60. The fourth-order valence-corrected chi connectivity index (χ4v) is 4.48. The predicted molar refractivity (Wildman–Crippen MR) is 94.2 cm³/mol. The summed E-state index contributed by atoms with van der Waals surface area (Å²) >= 11 is 3.46. The largest absolute Gasteiger partial charge is 0.485 e. The summed E-state index contributed by atoms with van der Waals surface area (Å²) in [7, 11) is 0. The number of piperidine rings is 3. The summed E-state index contributed by atoms with van der Waals surface area (Å²) in [5.74, 6) is 1.32. The second-order valence-corrected chi connectivity index (χ2v) is 8.46. The Morgan fingerprint density at radius 1 is 1.38 bits per heavy atom. The Morgan fingerprint density at radius 3 is 2.79 bits per heavy atom. The van der Waals surface area contributed by atoms with Crippen molar-refractivity contribution >= 4 is 22.0 Å². The SMILES string of the molecule is CC1(C)Oc2cc(Br)ccc2C1NC(=O)O[C@@H]1CN2CCC1CC2. The van der Waals surface area contributed by atoms with E-state index in [2.05, 4.69) is 26.1 Å². The molecule has 4 heterocycles. The monoisotopic (exact) mass is 394 g/mol. The maximum atomic E-state index is 12.5. The van der Waals surface area contributed by atoms with E-state index < -0.39 is 5.60 Å². The zero-order valence-corrected chi connectivity index (χ0v) is 15.6. The number of alkyl carbamates (subject to hydrolysis) is 1. The van der Waals surface area contributed by atoms with Gasteiger partial charge in [0.2, 0.25) is 0 Å². The van der Waals surface area contributed by atoms with E-state index in [1.54, 1.807) is 0 Å². The lowest BCUT2D eigenvalue weighted by Gasteiger charge is -2.44. The van der Waals surface area contributed by atoms with Crippen molar-refractivity contribution in [3.8, 4) is 5.75 Å². The van der Waals surface area contributed by atoms with Gasteiger partial charge in [-0.1, -0.05) is 22.0 Å². The lowest BCUT2D eigenvalue weighted by Crippen LogP contribution is -2.53. The molecular weight excluding hydrogens is 372 g/mol. The summed E-state index contributed by atoms with van der Waals surface area (Å²) in [6, 6.07) is 5.69. The minimum Gasteiger partial charge on any atom is -0.485 e. The number of rotatable bonds is 2. The zero-order valence-electron chi connectivity index (χ0n) is 14.0. The third-order valence-corrected chi connectivity index (χ3v) is 5.96. The van der Waals surface area contributed by atoms with Gasteiger partial charge in [-0.05, 0) is 57.8 Å². The molecule has 2 bridgehead atoms. The van der Waals surface area contributed by atoms with Crippen molar-refractivity contribution < 1.29 is 14.3 Å². The molecule has 5 rings (SSSR count). The maximum Gasteiger partial charge on any atom is 0.408 e. The lowest BCUT2D eigenvalue weighted by atomic mass is 9.86. The van der Waals surface area contributed by atoms with Crippen molar-refractivity contribution in [3.05, 3.63) is 28.2 Å². The van der Waals surface area contributed by atoms with Gasteiger partial charge in [0.15, 0.2) is 0 Å². The highest BCUT2D eigenvalue weighted by atomic mass is 79.9. The molecule has 1 N–H and O–H groups in total. The van der Waals surface area contributed by atoms with Crippen molar-refractivity contribution in [2.45, 2.75) is 44.4 Å². The van der Waals surface area contributed by atoms with Gasteiger partial charge in [0.05, 0.1) is 0 Å². The van der Waals surface area contributed by atoms with Gasteiger partial charge < -0.3 is 14.8 Å². The molecule has 0 saturated carbocycles. The van der Waals surface area contributed by atoms with E-state index in [4.69, 9.17) is 9.47 Å². The molecule has 6 heteroatoms. The molecule has 24 heavy (non-hydrogen) atoms. The molecule has 0 radical (unpaired) electrons. The molecular formula is C18H23BrN2O3. The molecule has 4 aliphatic heterocycles. The number of hydrogen-bond donors (Lipinski definition) is 1. The van der Waals surface area contributed by atoms with Gasteiger partial charge in [0, 0.05) is 16.6 Å². The van der Waals surface area contributed by atoms with Gasteiger partial charge in [-0.3, -0.25) is 4.90 Å². The molecule has 1 amide bonds. The number of nitrogens with zero attached hydrogens (tertiary/aromatic N) is 1. The first-order chi connectivity index (χ1) is 11.4. The highest BCUT2D eigenvalue weighted by Gasteiger charge is 2.43. The fourth-order valence-electron chi connectivity index (χ4n) is 4.14. The van der Waals surface area contributed by atoms with Crippen molar-refractivity contribution in [1.82, 2.24) is 10.2 Å². The van der Waals surface area contributed by atoms with Gasteiger partial charge in [-0.25, -0.2) is 4.79 Å². The van der Waals surface area contributed by atoms with Gasteiger partial charge in [0.1, 0.15) is 23.5 Å². The number of carbonyl (C=O) groups excluding carboxylic acids is 1. The van der Waals surface area contributed by atoms with Gasteiger partial charge in [-0.15, -0.1) is 0 Å². The van der Waals surface area contributed by atoms with Crippen LogP contribution in [0, 0.1) is 5.92 Å². The number of benzene rings is 1. The summed E-state index contributed by atoms with van der Waals surface area (Å²) < 4.78 is 12.7. The van der Waals surface area contributed by atoms with Crippen LogP contribution in [0.4, 0.5) is 4.79 Å². The molecule has 3 fully saturated rings. The van der Waals surface area contributed by atoms with Crippen LogP contribution in [0.2, 0.25) is 0 Å². The first kappa shape index (κ1) is 16.2. The van der Waals surface area contributed by atoms with E-state index in [9.17, 15) is 4.79 Å². The molecule has 0 aromatic heterocycles. The van der Waals surface area contributed by atoms with Crippen molar-refractivity contribution in [2.24, 2.45) is 5.92 Å². The molecule has 5 nitrogen and oxygen atoms in total. The smallest absolute Gasteiger partial charge is 0.408 e. The number of carbonyl (C=O) groups is 1. The maximum absolute atomic E-state index is 12.5. The van der Waals surface area contributed by atoms with Crippen LogP contribution in [0.5, 0.6) is 5.75 Å². The van der Waals surface area contributed by atoms with Gasteiger partial charge >= 0.3 is 6.09 Å². The zero-order chi connectivity index (χ0) is 16.9. The van der Waals surface area contributed by atoms with Gasteiger partial charge in [0.25, 0.3) is 0 Å². The highest BCUT2D eigenvalue weighted by Crippen LogP contribution is 2.44. The highest BCUT2D eigenvalue weighted by molar-refractivity contribution is 9.10. The Balaban J connectivity index is 1.45. The van der Waals surface area contributed by atoms with E-state index >= 15 is 0 Å². The van der Waals surface area contributed by atoms with E-state index in [0.29, 0.717) is 5.92 Å². The topological polar surface area (TPSA) is 50.8 Å². The van der Waals surface area contributed by atoms with Crippen LogP contribution in [0.1, 0.15) is 38.3 Å². The lowest BCUT2D eigenvalue weighted by molar-refractivity contribution is -0.0358. The summed E-state index contributed by atoms with van der Waals surface area (Å²) in [6.45, 7) is 7.11. The average molecular weight is 395 g/mol. The number of hydrogen-bond acceptors (Lipinski definition) is 4. The minimum atomic E-state index is -0.503. The molecule has 2 atom stereocenters. The second kappa shape index (κ2) is 5.92. The Hall–Kier alpha value is -1.27. The predicted octanol–water partition coefficient (Wildman–Crippen LogP) is 3.48. The van der Waals surface area contributed by atoms with Crippen LogP contribution in [-0.4, -0.2) is 42.3 Å². The summed E-state index contributed by atoms with van der Waals surface area (Å²) in [4.78, 5) is 14.9. The Kier molecular flexibility index (Phi) is 4.00. The van der Waals surface area contributed by atoms with Crippen LogP contribution in [0.25, 0.3) is 0 Å². The Bertz CT molecular complexity index is 656. The molecule has 4 aliphatic rings. The molecule has 3 saturated heterocycles. The van der Waals surface area contributed by atoms with E-state index in [1.165, 1.54) is 0 Å². The summed E-state index contributed by atoms with van der Waals surface area (Å²) in [5.41, 5.74) is 0.492. The molecule has 1 unspecified atom stereocenters. The van der Waals surface area contributed by atoms with E-state index in [1.807, 2.05) is 32.0 Å². The third-order valence-electron chi connectivity index (χ3n) is 5.47. The van der Waals surface area contributed by atoms with Crippen LogP contribution < -0.4 is 10.1 Å². The normalized spacial score (nSPS) is 32.8. The van der Waals surface area contributed by atoms with Crippen LogP contribution in [-0.2, 0) is 4.74 Å². The molecule has 1 aromatic carbocycles.